The molecule has 1 amide bonds. The zero-order chi connectivity index (χ0) is 13.5. The van der Waals surface area contributed by atoms with E-state index in [1.807, 2.05) is 24.8 Å². The van der Waals surface area contributed by atoms with Crippen LogP contribution in [0.25, 0.3) is 0 Å². The first-order valence-corrected chi connectivity index (χ1v) is 6.24. The third-order valence-electron chi connectivity index (χ3n) is 2.67. The van der Waals surface area contributed by atoms with Crippen LogP contribution >= 0.6 is 0 Å². The highest BCUT2D eigenvalue weighted by molar-refractivity contribution is 5.80. The Morgan fingerprint density at radius 3 is 2.83 bits per heavy atom. The van der Waals surface area contributed by atoms with Crippen molar-refractivity contribution in [1.29, 1.82) is 0 Å². The monoisotopic (exact) mass is 251 g/mol. The van der Waals surface area contributed by atoms with Crippen molar-refractivity contribution < 1.29 is 9.90 Å². The predicted molar refractivity (Wildman–Crippen MR) is 71.4 cm³/mol. The van der Waals surface area contributed by atoms with E-state index in [9.17, 15) is 9.90 Å². The van der Waals surface area contributed by atoms with Gasteiger partial charge in [0.2, 0.25) is 5.91 Å². The van der Waals surface area contributed by atoms with E-state index in [2.05, 4.69) is 10.3 Å². The van der Waals surface area contributed by atoms with E-state index in [1.165, 1.54) is 0 Å². The number of rotatable bonds is 6. The standard InChI is InChI=1S/C13H21N3O2/c1-4-14-13(18)9-16(5-2)12-8-11(10(3)17)6-7-15-12/h6-8,10,17H,4-5,9H2,1-3H3,(H,14,18). The van der Waals surface area contributed by atoms with E-state index in [0.29, 0.717) is 18.9 Å². The number of aliphatic hydroxyl groups is 1. The maximum Gasteiger partial charge on any atom is 0.239 e. The summed E-state index contributed by atoms with van der Waals surface area (Å²) in [7, 11) is 0. The first-order chi connectivity index (χ1) is 8.58. The minimum absolute atomic E-state index is 0.0244. The lowest BCUT2D eigenvalue weighted by Crippen LogP contribution is -2.37. The number of nitrogens with one attached hydrogen (secondary N) is 1. The SMILES string of the molecule is CCNC(=O)CN(CC)c1cc(C(C)O)ccn1. The molecule has 0 radical (unpaired) electrons. The molecule has 1 rings (SSSR count). The summed E-state index contributed by atoms with van der Waals surface area (Å²) < 4.78 is 0. The van der Waals surface area contributed by atoms with Gasteiger partial charge in [0.15, 0.2) is 0 Å². The molecule has 0 saturated carbocycles. The second-order valence-corrected chi connectivity index (χ2v) is 4.09. The Morgan fingerprint density at radius 1 is 1.56 bits per heavy atom. The van der Waals surface area contributed by atoms with E-state index in [0.717, 1.165) is 5.56 Å². The molecule has 5 nitrogen and oxygen atoms in total. The molecule has 0 fully saturated rings. The number of aromatic nitrogens is 1. The molecule has 0 saturated heterocycles. The van der Waals surface area contributed by atoms with Gasteiger partial charge in [-0.15, -0.1) is 0 Å². The lowest BCUT2D eigenvalue weighted by atomic mass is 10.1. The highest BCUT2D eigenvalue weighted by Gasteiger charge is 2.12. The van der Waals surface area contributed by atoms with Gasteiger partial charge in [-0.1, -0.05) is 0 Å². The highest BCUT2D eigenvalue weighted by Crippen LogP contribution is 2.17. The Morgan fingerprint density at radius 2 is 2.28 bits per heavy atom. The number of nitrogens with zero attached hydrogens (tertiary/aromatic N) is 2. The molecule has 1 aromatic heterocycles. The number of likely N-dealkylation sites (N-methyl/N-ethyl adjacent to an activating group) is 2. The smallest absolute Gasteiger partial charge is 0.239 e. The van der Waals surface area contributed by atoms with Crippen molar-refractivity contribution in [3.05, 3.63) is 23.9 Å². The fraction of sp³-hybridized carbons (Fsp3) is 0.538. The van der Waals surface area contributed by atoms with Crippen LogP contribution in [0.2, 0.25) is 0 Å². The number of pyridine rings is 1. The maximum absolute atomic E-state index is 11.6. The van der Waals surface area contributed by atoms with Crippen LogP contribution in [-0.4, -0.2) is 35.6 Å². The summed E-state index contributed by atoms with van der Waals surface area (Å²) in [6.07, 6.45) is 1.12. The van der Waals surface area contributed by atoms with Crippen LogP contribution in [0.15, 0.2) is 18.3 Å². The zero-order valence-electron chi connectivity index (χ0n) is 11.2. The summed E-state index contributed by atoms with van der Waals surface area (Å²) in [5, 5.41) is 12.3. The van der Waals surface area contributed by atoms with E-state index in [-0.39, 0.29) is 12.5 Å². The number of hydrogen-bond acceptors (Lipinski definition) is 4. The van der Waals surface area contributed by atoms with Gasteiger partial charge in [0.1, 0.15) is 5.82 Å². The molecule has 5 heteroatoms. The molecule has 1 aromatic rings. The maximum atomic E-state index is 11.6. The average Bonchev–Trinajstić information content (AvgIpc) is 2.36. The Bertz CT molecular complexity index is 394. The van der Waals surface area contributed by atoms with E-state index < -0.39 is 6.10 Å². The van der Waals surface area contributed by atoms with Crippen LogP contribution in [0.3, 0.4) is 0 Å². The van der Waals surface area contributed by atoms with Gasteiger partial charge in [-0.3, -0.25) is 4.79 Å². The average molecular weight is 251 g/mol. The third kappa shape index (κ3) is 4.00. The Balaban J connectivity index is 2.81. The van der Waals surface area contributed by atoms with Crippen molar-refractivity contribution in [2.24, 2.45) is 0 Å². The number of carbonyl (C=O) groups excluding carboxylic acids is 1. The molecule has 0 bridgehead atoms. The first kappa shape index (κ1) is 14.4. The van der Waals surface area contributed by atoms with Gasteiger partial charge in [-0.05, 0) is 38.5 Å². The molecule has 1 heterocycles. The van der Waals surface area contributed by atoms with Crippen LogP contribution in [0.1, 0.15) is 32.4 Å². The molecule has 18 heavy (non-hydrogen) atoms. The quantitative estimate of drug-likeness (QED) is 0.794. The summed E-state index contributed by atoms with van der Waals surface area (Å²) in [4.78, 5) is 17.7. The zero-order valence-corrected chi connectivity index (χ0v) is 11.2. The molecule has 1 unspecified atom stereocenters. The molecule has 0 aliphatic heterocycles. The number of carbonyl (C=O) groups is 1. The number of hydrogen-bond donors (Lipinski definition) is 2. The Hall–Kier alpha value is -1.62. The molecule has 2 N–H and O–H groups in total. The molecule has 1 atom stereocenters. The highest BCUT2D eigenvalue weighted by atomic mass is 16.3. The van der Waals surface area contributed by atoms with Gasteiger partial charge in [-0.25, -0.2) is 4.98 Å². The number of anilines is 1. The number of amides is 1. The van der Waals surface area contributed by atoms with Crippen molar-refractivity contribution in [1.82, 2.24) is 10.3 Å². The summed E-state index contributed by atoms with van der Waals surface area (Å²) in [5.41, 5.74) is 0.800. The van der Waals surface area contributed by atoms with Gasteiger partial charge in [0.25, 0.3) is 0 Å². The Labute approximate surface area is 108 Å². The second kappa shape index (κ2) is 6.96. The van der Waals surface area contributed by atoms with Crippen LogP contribution in [0.4, 0.5) is 5.82 Å². The molecule has 0 aromatic carbocycles. The Kier molecular flexibility index (Phi) is 5.58. The lowest BCUT2D eigenvalue weighted by molar-refractivity contribution is -0.119. The number of aliphatic hydroxyl groups excluding tert-OH is 1. The summed E-state index contributed by atoms with van der Waals surface area (Å²) >= 11 is 0. The van der Waals surface area contributed by atoms with Gasteiger partial charge in [0.05, 0.1) is 12.6 Å². The van der Waals surface area contributed by atoms with Crippen LogP contribution in [0.5, 0.6) is 0 Å². The molecular weight excluding hydrogens is 230 g/mol. The predicted octanol–water partition coefficient (Wildman–Crippen LogP) is 1.10. The van der Waals surface area contributed by atoms with Gasteiger partial charge in [-0.2, -0.15) is 0 Å². The summed E-state index contributed by atoms with van der Waals surface area (Å²) in [6.45, 7) is 7.15. The molecule has 0 aliphatic carbocycles. The topological polar surface area (TPSA) is 65.5 Å². The largest absolute Gasteiger partial charge is 0.389 e. The first-order valence-electron chi connectivity index (χ1n) is 6.24. The van der Waals surface area contributed by atoms with Crippen molar-refractivity contribution in [3.8, 4) is 0 Å². The van der Waals surface area contributed by atoms with Crippen molar-refractivity contribution in [2.45, 2.75) is 26.9 Å². The summed E-state index contributed by atoms with van der Waals surface area (Å²) in [5.74, 6) is 0.686. The van der Waals surface area contributed by atoms with E-state index >= 15 is 0 Å². The van der Waals surface area contributed by atoms with Gasteiger partial charge < -0.3 is 15.3 Å². The molecule has 0 spiro atoms. The minimum atomic E-state index is -0.532. The molecule has 100 valence electrons. The van der Waals surface area contributed by atoms with Crippen LogP contribution < -0.4 is 10.2 Å². The minimum Gasteiger partial charge on any atom is -0.389 e. The van der Waals surface area contributed by atoms with Crippen molar-refractivity contribution >= 4 is 11.7 Å². The van der Waals surface area contributed by atoms with Gasteiger partial charge in [0, 0.05) is 19.3 Å². The molecule has 0 aliphatic rings. The lowest BCUT2D eigenvalue weighted by Gasteiger charge is -2.22. The third-order valence-corrected chi connectivity index (χ3v) is 2.67. The molecular formula is C13H21N3O2. The van der Waals surface area contributed by atoms with Gasteiger partial charge >= 0.3 is 0 Å². The van der Waals surface area contributed by atoms with E-state index in [4.69, 9.17) is 0 Å². The second-order valence-electron chi connectivity index (χ2n) is 4.09. The summed E-state index contributed by atoms with van der Waals surface area (Å²) in [6, 6.07) is 3.58. The fourth-order valence-corrected chi connectivity index (χ4v) is 1.65. The fourth-order valence-electron chi connectivity index (χ4n) is 1.65. The van der Waals surface area contributed by atoms with Crippen molar-refractivity contribution in [2.75, 3.05) is 24.5 Å². The van der Waals surface area contributed by atoms with E-state index in [1.54, 1.807) is 19.2 Å². The normalized spacial score (nSPS) is 12.0. The van der Waals surface area contributed by atoms with Crippen LogP contribution in [0, 0.1) is 0 Å². The van der Waals surface area contributed by atoms with Crippen LogP contribution in [-0.2, 0) is 4.79 Å². The van der Waals surface area contributed by atoms with Crippen molar-refractivity contribution in [3.63, 3.8) is 0 Å².